The number of hydrogen-bond acceptors (Lipinski definition) is 6. The lowest BCUT2D eigenvalue weighted by Gasteiger charge is -2.30. The molecular weight excluding hydrogens is 382 g/mol. The smallest absolute Gasteiger partial charge is 0.274 e. The molecule has 1 N–H and O–H groups in total. The Balaban J connectivity index is 1.29. The van der Waals surface area contributed by atoms with Gasteiger partial charge < -0.3 is 14.2 Å². The van der Waals surface area contributed by atoms with E-state index in [0.717, 1.165) is 81.8 Å². The largest absolute Gasteiger partial charge is 0.381 e. The number of aryl methyl sites for hydroxylation is 1. The first-order valence-corrected chi connectivity index (χ1v) is 11.6. The van der Waals surface area contributed by atoms with Crippen LogP contribution in [0.5, 0.6) is 0 Å². The van der Waals surface area contributed by atoms with Gasteiger partial charge in [0.1, 0.15) is 0 Å². The molecule has 2 aliphatic heterocycles. The molecule has 3 aliphatic rings. The lowest BCUT2D eigenvalue weighted by Crippen LogP contribution is -2.39. The normalized spacial score (nSPS) is 23.6. The third kappa shape index (κ3) is 4.02. The quantitative estimate of drug-likeness (QED) is 0.829. The molecule has 0 spiro atoms. The zero-order chi connectivity index (χ0) is 20.3. The monoisotopic (exact) mass is 413 g/mol. The average Bonchev–Trinajstić information content (AvgIpc) is 3.41. The number of piperidine rings is 1. The van der Waals surface area contributed by atoms with Crippen LogP contribution >= 0.6 is 0 Å². The maximum Gasteiger partial charge on any atom is 0.274 e. The Morgan fingerprint density at radius 2 is 1.83 bits per heavy atom. The summed E-state index contributed by atoms with van der Waals surface area (Å²) >= 11 is 0. The molecule has 1 aliphatic carbocycles. The van der Waals surface area contributed by atoms with Gasteiger partial charge in [0.15, 0.2) is 11.5 Å². The van der Waals surface area contributed by atoms with Crippen molar-refractivity contribution in [2.75, 3.05) is 26.3 Å². The number of hydrogen-bond donors (Lipinski definition) is 1. The third-order valence-corrected chi connectivity index (χ3v) is 6.86. The first-order valence-electron chi connectivity index (χ1n) is 11.6. The van der Waals surface area contributed by atoms with Crippen molar-refractivity contribution >= 4 is 5.91 Å². The van der Waals surface area contributed by atoms with Gasteiger partial charge in [-0.15, -0.1) is 0 Å². The van der Waals surface area contributed by atoms with E-state index in [2.05, 4.69) is 15.4 Å². The fourth-order valence-electron chi connectivity index (χ4n) is 5.06. The number of carbonyl (C=O) groups excluding carboxylic acids is 1. The van der Waals surface area contributed by atoms with Crippen molar-refractivity contribution in [1.29, 1.82) is 0 Å². The molecule has 162 valence electrons. The minimum Gasteiger partial charge on any atom is -0.381 e. The van der Waals surface area contributed by atoms with Gasteiger partial charge in [-0.2, -0.15) is 10.1 Å². The number of rotatable bonds is 3. The lowest BCUT2D eigenvalue weighted by molar-refractivity contribution is 0.0688. The van der Waals surface area contributed by atoms with Gasteiger partial charge in [0.25, 0.3) is 5.91 Å². The molecule has 2 aromatic rings. The molecule has 5 rings (SSSR count). The Labute approximate surface area is 176 Å². The first-order chi connectivity index (χ1) is 14.8. The molecule has 2 fully saturated rings. The van der Waals surface area contributed by atoms with Gasteiger partial charge in [0.2, 0.25) is 5.89 Å². The van der Waals surface area contributed by atoms with E-state index in [-0.39, 0.29) is 11.8 Å². The second kappa shape index (κ2) is 8.88. The lowest BCUT2D eigenvalue weighted by atomic mass is 9.95. The molecule has 2 saturated heterocycles. The Morgan fingerprint density at radius 1 is 1.00 bits per heavy atom. The predicted octanol–water partition coefficient (Wildman–Crippen LogP) is 3.37. The van der Waals surface area contributed by atoms with Crippen LogP contribution in [0.3, 0.4) is 0 Å². The molecule has 30 heavy (non-hydrogen) atoms. The summed E-state index contributed by atoms with van der Waals surface area (Å²) < 4.78 is 11.1. The summed E-state index contributed by atoms with van der Waals surface area (Å²) in [6.45, 7) is 2.90. The third-order valence-electron chi connectivity index (χ3n) is 6.86. The zero-order valence-corrected chi connectivity index (χ0v) is 17.6. The van der Waals surface area contributed by atoms with E-state index in [1.807, 2.05) is 4.90 Å². The topological polar surface area (TPSA) is 97.1 Å². The number of aromatic amines is 1. The molecule has 4 heterocycles. The van der Waals surface area contributed by atoms with Gasteiger partial charge in [-0.25, -0.2) is 0 Å². The standard InChI is InChI=1S/C22H31N5O3/c28-22(19-17-7-3-1-2-4-8-18(17)24-25-19)27-11-5-6-16(14-27)21-23-20(26-30-21)15-9-12-29-13-10-15/h15-16H,1-14H2,(H,24,25). The highest BCUT2D eigenvalue weighted by atomic mass is 16.5. The van der Waals surface area contributed by atoms with Crippen molar-refractivity contribution in [2.24, 2.45) is 0 Å². The number of fused-ring (bicyclic) bond motifs is 1. The summed E-state index contributed by atoms with van der Waals surface area (Å²) in [5.41, 5.74) is 2.92. The number of aromatic nitrogens is 4. The Hall–Kier alpha value is -2.22. The second-order valence-corrected chi connectivity index (χ2v) is 8.91. The van der Waals surface area contributed by atoms with Gasteiger partial charge >= 0.3 is 0 Å². The Bertz CT molecular complexity index is 870. The van der Waals surface area contributed by atoms with Crippen LogP contribution in [0.1, 0.15) is 96.7 Å². The number of H-pyrrole nitrogens is 1. The van der Waals surface area contributed by atoms with Crippen LogP contribution < -0.4 is 0 Å². The molecule has 1 unspecified atom stereocenters. The van der Waals surface area contributed by atoms with Gasteiger partial charge in [-0.1, -0.05) is 18.0 Å². The van der Waals surface area contributed by atoms with Gasteiger partial charge in [0, 0.05) is 43.5 Å². The fourth-order valence-corrected chi connectivity index (χ4v) is 5.06. The number of carbonyl (C=O) groups is 1. The molecular formula is C22H31N5O3. The highest BCUT2D eigenvalue weighted by molar-refractivity contribution is 5.94. The number of ether oxygens (including phenoxy) is 1. The molecule has 1 amide bonds. The molecule has 0 bridgehead atoms. The number of nitrogens with zero attached hydrogens (tertiary/aromatic N) is 4. The maximum absolute atomic E-state index is 13.3. The highest BCUT2D eigenvalue weighted by Crippen LogP contribution is 2.31. The number of amides is 1. The van der Waals surface area contributed by atoms with Crippen molar-refractivity contribution < 1.29 is 14.1 Å². The molecule has 8 heteroatoms. The average molecular weight is 414 g/mol. The van der Waals surface area contributed by atoms with Crippen molar-refractivity contribution in [3.63, 3.8) is 0 Å². The van der Waals surface area contributed by atoms with E-state index >= 15 is 0 Å². The molecule has 2 aromatic heterocycles. The van der Waals surface area contributed by atoms with Crippen LogP contribution in [0.25, 0.3) is 0 Å². The minimum atomic E-state index is 0.0435. The van der Waals surface area contributed by atoms with Crippen molar-refractivity contribution in [2.45, 2.75) is 76.0 Å². The predicted molar refractivity (Wildman–Crippen MR) is 109 cm³/mol. The van der Waals surface area contributed by atoms with Crippen molar-refractivity contribution in [1.82, 2.24) is 25.2 Å². The second-order valence-electron chi connectivity index (χ2n) is 8.91. The number of nitrogens with one attached hydrogen (secondary N) is 1. The zero-order valence-electron chi connectivity index (χ0n) is 17.6. The summed E-state index contributed by atoms with van der Waals surface area (Å²) in [5.74, 6) is 1.93. The van der Waals surface area contributed by atoms with E-state index in [1.165, 1.54) is 19.3 Å². The van der Waals surface area contributed by atoms with Gasteiger partial charge in [-0.3, -0.25) is 9.89 Å². The van der Waals surface area contributed by atoms with Crippen LogP contribution in [0.4, 0.5) is 0 Å². The highest BCUT2D eigenvalue weighted by Gasteiger charge is 2.32. The van der Waals surface area contributed by atoms with Crippen LogP contribution in [-0.2, 0) is 17.6 Å². The summed E-state index contributed by atoms with van der Waals surface area (Å²) in [4.78, 5) is 20.0. The van der Waals surface area contributed by atoms with E-state index in [9.17, 15) is 4.79 Å². The summed E-state index contributed by atoms with van der Waals surface area (Å²) in [6, 6.07) is 0. The summed E-state index contributed by atoms with van der Waals surface area (Å²) in [6.07, 6.45) is 10.5. The van der Waals surface area contributed by atoms with Crippen molar-refractivity contribution in [3.8, 4) is 0 Å². The molecule has 0 aromatic carbocycles. The molecule has 8 nitrogen and oxygen atoms in total. The summed E-state index contributed by atoms with van der Waals surface area (Å²) in [5, 5.41) is 11.8. The van der Waals surface area contributed by atoms with Crippen LogP contribution in [0.15, 0.2) is 4.52 Å². The van der Waals surface area contributed by atoms with E-state index < -0.39 is 0 Å². The maximum atomic E-state index is 13.3. The molecule has 0 radical (unpaired) electrons. The molecule has 0 saturated carbocycles. The van der Waals surface area contributed by atoms with Crippen LogP contribution in [0, 0.1) is 0 Å². The van der Waals surface area contributed by atoms with E-state index in [4.69, 9.17) is 14.2 Å². The Kier molecular flexibility index (Phi) is 5.84. The SMILES string of the molecule is O=C(c1n[nH]c2c1CCCCCC2)N1CCCC(c2nc(C3CCOCC3)no2)C1. The molecule has 1 atom stereocenters. The van der Waals surface area contributed by atoms with Crippen LogP contribution in [0.2, 0.25) is 0 Å². The fraction of sp³-hybridized carbons (Fsp3) is 0.727. The first kappa shape index (κ1) is 19.7. The minimum absolute atomic E-state index is 0.0435. The van der Waals surface area contributed by atoms with Crippen molar-refractivity contribution in [3.05, 3.63) is 28.7 Å². The van der Waals surface area contributed by atoms with Gasteiger partial charge in [0.05, 0.1) is 5.92 Å². The Morgan fingerprint density at radius 3 is 2.70 bits per heavy atom. The van der Waals surface area contributed by atoms with Gasteiger partial charge in [-0.05, 0) is 51.4 Å². The van der Waals surface area contributed by atoms with E-state index in [1.54, 1.807) is 0 Å². The summed E-state index contributed by atoms with van der Waals surface area (Å²) in [7, 11) is 0. The van der Waals surface area contributed by atoms with E-state index in [0.29, 0.717) is 24.0 Å². The van der Waals surface area contributed by atoms with Crippen LogP contribution in [-0.4, -0.2) is 57.4 Å². The number of likely N-dealkylation sites (tertiary alicyclic amines) is 1.